The Hall–Kier alpha value is -3.20. The van der Waals surface area contributed by atoms with Gasteiger partial charge in [-0.05, 0) is 36.6 Å². The van der Waals surface area contributed by atoms with E-state index in [-0.39, 0.29) is 5.91 Å². The maximum absolute atomic E-state index is 11.6. The number of aromatic nitrogens is 4. The van der Waals surface area contributed by atoms with E-state index in [1.54, 1.807) is 25.2 Å². The van der Waals surface area contributed by atoms with Gasteiger partial charge in [-0.15, -0.1) is 0 Å². The molecule has 9 heteroatoms. The minimum atomic E-state index is 0.00262. The van der Waals surface area contributed by atoms with Crippen molar-refractivity contribution >= 4 is 29.5 Å². The lowest BCUT2D eigenvalue weighted by Gasteiger charge is -2.26. The van der Waals surface area contributed by atoms with Crippen LogP contribution in [-0.2, 0) is 17.8 Å². The van der Waals surface area contributed by atoms with Crippen molar-refractivity contribution in [3.8, 4) is 0 Å². The van der Waals surface area contributed by atoms with Crippen molar-refractivity contribution in [3.05, 3.63) is 66.0 Å². The standard InChI is InChI=1S/C19H21N7OS/c1-13-8-16(24-23-13)22-18-12-25(11-17-21-6-7-26(17)18)28-15-5-3-4-14(9-15)10-19(27)20-2/h3-9,12H,10-11H2,1-2H3,(H,20,27)(H2,22,23,24). The van der Waals surface area contributed by atoms with E-state index in [0.717, 1.165) is 33.6 Å². The first-order chi connectivity index (χ1) is 13.6. The van der Waals surface area contributed by atoms with Crippen LogP contribution < -0.4 is 10.6 Å². The van der Waals surface area contributed by atoms with Crippen LogP contribution in [0, 0.1) is 6.92 Å². The summed E-state index contributed by atoms with van der Waals surface area (Å²) in [5.41, 5.74) is 1.97. The molecular weight excluding hydrogens is 374 g/mol. The molecule has 0 atom stereocenters. The number of anilines is 1. The average Bonchev–Trinajstić information content (AvgIpc) is 3.31. The fourth-order valence-electron chi connectivity index (χ4n) is 2.94. The van der Waals surface area contributed by atoms with Crippen molar-refractivity contribution in [3.63, 3.8) is 0 Å². The number of nitrogens with zero attached hydrogens (tertiary/aromatic N) is 4. The highest BCUT2D eigenvalue weighted by molar-refractivity contribution is 7.97. The number of aromatic amines is 1. The van der Waals surface area contributed by atoms with E-state index in [2.05, 4.69) is 30.1 Å². The van der Waals surface area contributed by atoms with E-state index in [4.69, 9.17) is 0 Å². The van der Waals surface area contributed by atoms with Gasteiger partial charge in [-0.3, -0.25) is 14.5 Å². The van der Waals surface area contributed by atoms with Gasteiger partial charge < -0.3 is 14.9 Å². The van der Waals surface area contributed by atoms with Crippen LogP contribution in [-0.4, -0.2) is 37.0 Å². The number of rotatable bonds is 6. The average molecular weight is 395 g/mol. The van der Waals surface area contributed by atoms with Gasteiger partial charge in [0.25, 0.3) is 0 Å². The normalized spacial score (nSPS) is 13.1. The van der Waals surface area contributed by atoms with Crippen LogP contribution in [0.5, 0.6) is 0 Å². The number of H-pyrrole nitrogens is 1. The van der Waals surface area contributed by atoms with Gasteiger partial charge in [0.05, 0.1) is 19.2 Å². The van der Waals surface area contributed by atoms with Crippen molar-refractivity contribution in [2.75, 3.05) is 12.4 Å². The highest BCUT2D eigenvalue weighted by atomic mass is 32.2. The summed E-state index contributed by atoms with van der Waals surface area (Å²) in [6, 6.07) is 9.97. The lowest BCUT2D eigenvalue weighted by molar-refractivity contribution is -0.119. The largest absolute Gasteiger partial charge is 0.359 e. The number of nitrogens with one attached hydrogen (secondary N) is 3. The molecule has 0 bridgehead atoms. The van der Waals surface area contributed by atoms with Crippen LogP contribution in [0.4, 0.5) is 5.82 Å². The molecule has 0 aliphatic carbocycles. The van der Waals surface area contributed by atoms with Gasteiger partial charge in [-0.2, -0.15) is 5.10 Å². The third-order valence-electron chi connectivity index (χ3n) is 4.27. The molecule has 3 heterocycles. The number of hydrogen-bond acceptors (Lipinski definition) is 6. The number of amides is 1. The molecule has 0 spiro atoms. The predicted molar refractivity (Wildman–Crippen MR) is 109 cm³/mol. The molecule has 0 unspecified atom stereocenters. The molecule has 3 aromatic rings. The Morgan fingerprint density at radius 3 is 3.04 bits per heavy atom. The maximum Gasteiger partial charge on any atom is 0.224 e. The minimum Gasteiger partial charge on any atom is -0.359 e. The third kappa shape index (κ3) is 4.04. The molecule has 144 valence electrons. The molecule has 0 saturated carbocycles. The molecule has 0 saturated heterocycles. The molecule has 0 radical (unpaired) electrons. The van der Waals surface area contributed by atoms with E-state index in [1.807, 2.05) is 54.2 Å². The zero-order chi connectivity index (χ0) is 19.5. The molecule has 1 aromatic carbocycles. The van der Waals surface area contributed by atoms with Crippen LogP contribution in [0.2, 0.25) is 0 Å². The predicted octanol–water partition coefficient (Wildman–Crippen LogP) is 2.59. The molecule has 28 heavy (non-hydrogen) atoms. The molecule has 0 fully saturated rings. The maximum atomic E-state index is 11.6. The summed E-state index contributed by atoms with van der Waals surface area (Å²) in [5, 5.41) is 13.2. The molecule has 1 aliphatic heterocycles. The van der Waals surface area contributed by atoms with E-state index < -0.39 is 0 Å². The Kier molecular flexibility index (Phi) is 5.07. The number of aryl methyl sites for hydroxylation is 1. The summed E-state index contributed by atoms with van der Waals surface area (Å²) in [6.45, 7) is 2.63. The van der Waals surface area contributed by atoms with Crippen LogP contribution in [0.15, 0.2) is 53.8 Å². The van der Waals surface area contributed by atoms with Crippen LogP contribution >= 0.6 is 11.9 Å². The van der Waals surface area contributed by atoms with E-state index in [1.165, 1.54) is 0 Å². The number of hydrogen-bond donors (Lipinski definition) is 3. The van der Waals surface area contributed by atoms with Crippen LogP contribution in [0.25, 0.3) is 5.82 Å². The van der Waals surface area contributed by atoms with Crippen molar-refractivity contribution in [1.29, 1.82) is 0 Å². The smallest absolute Gasteiger partial charge is 0.224 e. The Labute approximate surface area is 167 Å². The number of carbonyl (C=O) groups excluding carboxylic acids is 1. The second-order valence-corrected chi connectivity index (χ2v) is 7.58. The lowest BCUT2D eigenvalue weighted by Crippen LogP contribution is -2.23. The van der Waals surface area contributed by atoms with Crippen LogP contribution in [0.3, 0.4) is 0 Å². The summed E-state index contributed by atoms with van der Waals surface area (Å²) in [6.07, 6.45) is 6.13. The molecule has 1 aliphatic rings. The first-order valence-corrected chi connectivity index (χ1v) is 9.65. The SMILES string of the molecule is CNC(=O)Cc1cccc(SN2C=C(Nc3cc(C)[nH]n3)n3ccnc3C2)c1. The van der Waals surface area contributed by atoms with E-state index >= 15 is 0 Å². The lowest BCUT2D eigenvalue weighted by atomic mass is 10.1. The second kappa shape index (κ2) is 7.81. The zero-order valence-electron chi connectivity index (χ0n) is 15.6. The number of benzene rings is 1. The molecule has 8 nitrogen and oxygen atoms in total. The van der Waals surface area contributed by atoms with Gasteiger partial charge in [0.1, 0.15) is 11.6 Å². The zero-order valence-corrected chi connectivity index (χ0v) is 16.5. The van der Waals surface area contributed by atoms with Crippen molar-refractivity contribution < 1.29 is 4.79 Å². The Morgan fingerprint density at radius 2 is 2.25 bits per heavy atom. The molecular formula is C19H21N7OS. The van der Waals surface area contributed by atoms with E-state index in [0.29, 0.717) is 13.0 Å². The van der Waals surface area contributed by atoms with Crippen LogP contribution in [0.1, 0.15) is 17.1 Å². The van der Waals surface area contributed by atoms with Crippen molar-refractivity contribution in [1.82, 2.24) is 29.4 Å². The summed E-state index contributed by atoms with van der Waals surface area (Å²) in [4.78, 5) is 17.2. The topological polar surface area (TPSA) is 90.9 Å². The monoisotopic (exact) mass is 395 g/mol. The van der Waals surface area contributed by atoms with Gasteiger partial charge in [-0.1, -0.05) is 12.1 Å². The first kappa shape index (κ1) is 18.2. The Balaban J connectivity index is 1.54. The fraction of sp³-hybridized carbons (Fsp3) is 0.211. The molecule has 1 amide bonds. The van der Waals surface area contributed by atoms with Crippen molar-refractivity contribution in [2.24, 2.45) is 0 Å². The van der Waals surface area contributed by atoms with Gasteiger partial charge in [0, 0.05) is 36.1 Å². The molecule has 2 aromatic heterocycles. The highest BCUT2D eigenvalue weighted by Crippen LogP contribution is 2.30. The quantitative estimate of drug-likeness (QED) is 0.556. The minimum absolute atomic E-state index is 0.00262. The number of fused-ring (bicyclic) bond motifs is 1. The summed E-state index contributed by atoms with van der Waals surface area (Å²) < 4.78 is 4.13. The summed E-state index contributed by atoms with van der Waals surface area (Å²) in [5.74, 6) is 2.57. The summed E-state index contributed by atoms with van der Waals surface area (Å²) >= 11 is 1.60. The van der Waals surface area contributed by atoms with Gasteiger partial charge >= 0.3 is 0 Å². The molecule has 4 rings (SSSR count). The number of likely N-dealkylation sites (N-methyl/N-ethyl adjacent to an activating group) is 1. The third-order valence-corrected chi connectivity index (χ3v) is 5.20. The highest BCUT2D eigenvalue weighted by Gasteiger charge is 2.19. The Morgan fingerprint density at radius 1 is 1.36 bits per heavy atom. The van der Waals surface area contributed by atoms with Gasteiger partial charge in [0.15, 0.2) is 5.82 Å². The van der Waals surface area contributed by atoms with Gasteiger partial charge in [-0.25, -0.2) is 4.98 Å². The second-order valence-electron chi connectivity index (χ2n) is 6.45. The Bertz CT molecular complexity index is 1020. The summed E-state index contributed by atoms with van der Waals surface area (Å²) in [7, 11) is 1.65. The van der Waals surface area contributed by atoms with Gasteiger partial charge in [0.2, 0.25) is 5.91 Å². The number of imidazole rings is 1. The van der Waals surface area contributed by atoms with E-state index in [9.17, 15) is 4.79 Å². The number of carbonyl (C=O) groups is 1. The molecule has 3 N–H and O–H groups in total. The first-order valence-electron chi connectivity index (χ1n) is 8.88. The van der Waals surface area contributed by atoms with Crippen molar-refractivity contribution in [2.45, 2.75) is 24.8 Å². The fourth-order valence-corrected chi connectivity index (χ4v) is 3.89.